The number of rotatable bonds is 10. The Morgan fingerprint density at radius 3 is 2.30 bits per heavy atom. The molecule has 0 aromatic heterocycles. The third kappa shape index (κ3) is 7.94. The molecule has 0 aliphatic heterocycles. The van der Waals surface area contributed by atoms with Crippen LogP contribution in [0.2, 0.25) is 0 Å². The van der Waals surface area contributed by atoms with E-state index in [9.17, 15) is 4.79 Å². The van der Waals surface area contributed by atoms with Gasteiger partial charge in [0, 0.05) is 5.75 Å². The molecule has 1 amide bonds. The van der Waals surface area contributed by atoms with E-state index in [1.54, 1.807) is 25.1 Å². The summed E-state index contributed by atoms with van der Waals surface area (Å²) in [6.45, 7) is 4.54. The Labute approximate surface area is 207 Å². The zero-order valence-electron chi connectivity index (χ0n) is 18.9. The largest absolute Gasteiger partial charge is 0.493 e. The third-order valence-electron chi connectivity index (χ3n) is 4.78. The van der Waals surface area contributed by atoms with Crippen molar-refractivity contribution >= 4 is 39.8 Å². The van der Waals surface area contributed by atoms with Gasteiger partial charge in [-0.25, -0.2) is 5.43 Å². The second kappa shape index (κ2) is 12.5. The second-order valence-corrected chi connectivity index (χ2v) is 9.42. The van der Waals surface area contributed by atoms with Crippen LogP contribution in [0.3, 0.4) is 0 Å². The number of amides is 1. The highest BCUT2D eigenvalue weighted by molar-refractivity contribution is 9.10. The van der Waals surface area contributed by atoms with E-state index >= 15 is 0 Å². The highest BCUT2D eigenvalue weighted by Gasteiger charge is 2.12. The number of carbonyl (C=O) groups excluding carboxylic acids is 1. The molecule has 3 aromatic carbocycles. The summed E-state index contributed by atoms with van der Waals surface area (Å²) in [5, 5.41) is 4.07. The van der Waals surface area contributed by atoms with E-state index in [4.69, 9.17) is 9.47 Å². The Balaban J connectivity index is 1.52. The lowest BCUT2D eigenvalue weighted by molar-refractivity contribution is -0.118. The van der Waals surface area contributed by atoms with Gasteiger partial charge in [-0.15, -0.1) is 11.8 Å². The van der Waals surface area contributed by atoms with Gasteiger partial charge in [-0.1, -0.05) is 59.7 Å². The Morgan fingerprint density at radius 2 is 1.67 bits per heavy atom. The summed E-state index contributed by atoms with van der Waals surface area (Å²) < 4.78 is 12.2. The van der Waals surface area contributed by atoms with Gasteiger partial charge in [0.25, 0.3) is 0 Å². The molecule has 3 aromatic rings. The number of ether oxygens (including phenoxy) is 2. The molecule has 0 atom stereocenters. The fraction of sp³-hybridized carbons (Fsp3) is 0.231. The van der Waals surface area contributed by atoms with Gasteiger partial charge in [0.2, 0.25) is 5.91 Å². The number of hydrazone groups is 1. The summed E-state index contributed by atoms with van der Waals surface area (Å²) in [4.78, 5) is 12.1. The molecule has 0 fully saturated rings. The molecule has 0 bridgehead atoms. The average molecular weight is 527 g/mol. The topological polar surface area (TPSA) is 59.9 Å². The van der Waals surface area contributed by atoms with Gasteiger partial charge in [-0.05, 0) is 58.6 Å². The molecule has 0 aliphatic rings. The number of thioether (sulfide) groups is 1. The van der Waals surface area contributed by atoms with Gasteiger partial charge in [0.1, 0.15) is 6.61 Å². The van der Waals surface area contributed by atoms with Crippen molar-refractivity contribution in [2.45, 2.75) is 26.2 Å². The summed E-state index contributed by atoms with van der Waals surface area (Å²) in [5.41, 5.74) is 8.05. The molecule has 3 rings (SSSR count). The molecule has 33 heavy (non-hydrogen) atoms. The first-order valence-electron chi connectivity index (χ1n) is 10.5. The van der Waals surface area contributed by atoms with Crippen LogP contribution in [-0.2, 0) is 17.2 Å². The maximum absolute atomic E-state index is 12.1. The summed E-state index contributed by atoms with van der Waals surface area (Å²) in [5.74, 6) is 2.17. The van der Waals surface area contributed by atoms with Crippen LogP contribution >= 0.6 is 27.7 Å². The van der Waals surface area contributed by atoms with Crippen LogP contribution in [0.1, 0.15) is 27.8 Å². The van der Waals surface area contributed by atoms with Crippen LogP contribution in [0, 0.1) is 13.8 Å². The molecule has 172 valence electrons. The second-order valence-electron chi connectivity index (χ2n) is 7.58. The first kappa shape index (κ1) is 24.9. The van der Waals surface area contributed by atoms with Gasteiger partial charge in [-0.3, -0.25) is 4.79 Å². The van der Waals surface area contributed by atoms with E-state index in [0.29, 0.717) is 23.9 Å². The van der Waals surface area contributed by atoms with Crippen LogP contribution in [0.15, 0.2) is 70.2 Å². The summed E-state index contributed by atoms with van der Waals surface area (Å²) in [6, 6.07) is 20.2. The van der Waals surface area contributed by atoms with E-state index < -0.39 is 0 Å². The summed E-state index contributed by atoms with van der Waals surface area (Å²) >= 11 is 5.10. The molecule has 0 aliphatic carbocycles. The lowest BCUT2D eigenvalue weighted by Gasteiger charge is -2.13. The van der Waals surface area contributed by atoms with E-state index in [-0.39, 0.29) is 5.91 Å². The van der Waals surface area contributed by atoms with Crippen molar-refractivity contribution in [3.05, 3.63) is 93.0 Å². The fourth-order valence-corrected chi connectivity index (χ4v) is 4.31. The molecule has 0 saturated heterocycles. The lowest BCUT2D eigenvalue weighted by Crippen LogP contribution is -2.19. The number of hydrogen-bond acceptors (Lipinski definition) is 5. The third-order valence-corrected chi connectivity index (χ3v) is 6.37. The molecule has 0 unspecified atom stereocenters. The number of aryl methyl sites for hydroxylation is 2. The first-order valence-corrected chi connectivity index (χ1v) is 12.4. The lowest BCUT2D eigenvalue weighted by atomic mass is 10.2. The van der Waals surface area contributed by atoms with Crippen molar-refractivity contribution in [3.8, 4) is 11.5 Å². The van der Waals surface area contributed by atoms with Crippen molar-refractivity contribution < 1.29 is 14.3 Å². The minimum absolute atomic E-state index is 0.146. The maximum Gasteiger partial charge on any atom is 0.250 e. The molecular weight excluding hydrogens is 500 g/mol. The van der Waals surface area contributed by atoms with Gasteiger partial charge in [0.05, 0.1) is 23.5 Å². The van der Waals surface area contributed by atoms with Crippen molar-refractivity contribution in [3.63, 3.8) is 0 Å². The van der Waals surface area contributed by atoms with Crippen LogP contribution in [0.5, 0.6) is 11.5 Å². The van der Waals surface area contributed by atoms with Crippen molar-refractivity contribution in [2.24, 2.45) is 5.10 Å². The van der Waals surface area contributed by atoms with Gasteiger partial charge in [0.15, 0.2) is 11.5 Å². The number of hydrogen-bond donors (Lipinski definition) is 1. The molecule has 5 nitrogen and oxygen atoms in total. The van der Waals surface area contributed by atoms with E-state index in [0.717, 1.165) is 21.4 Å². The first-order chi connectivity index (χ1) is 15.9. The SMILES string of the molecule is COc1cc(/C=N\NC(=O)CSCc2ccc(C)cc2)cc(Br)c1OCc1ccc(C)cc1. The van der Waals surface area contributed by atoms with E-state index in [1.165, 1.54) is 16.7 Å². The van der Waals surface area contributed by atoms with Crippen molar-refractivity contribution in [1.29, 1.82) is 0 Å². The quantitative estimate of drug-likeness (QED) is 0.258. The fourth-order valence-electron chi connectivity index (χ4n) is 2.95. The Kier molecular flexibility index (Phi) is 9.39. The smallest absolute Gasteiger partial charge is 0.250 e. The highest BCUT2D eigenvalue weighted by atomic mass is 79.9. The number of methoxy groups -OCH3 is 1. The summed E-state index contributed by atoms with van der Waals surface area (Å²) in [7, 11) is 1.59. The van der Waals surface area contributed by atoms with Crippen LogP contribution in [0.25, 0.3) is 0 Å². The number of halogens is 1. The molecule has 7 heteroatoms. The van der Waals surface area contributed by atoms with Gasteiger partial charge in [-0.2, -0.15) is 5.10 Å². The van der Waals surface area contributed by atoms with Crippen molar-refractivity contribution in [2.75, 3.05) is 12.9 Å². The number of nitrogens with one attached hydrogen (secondary N) is 1. The molecule has 0 saturated carbocycles. The number of nitrogens with zero attached hydrogens (tertiary/aromatic N) is 1. The van der Waals surface area contributed by atoms with Crippen LogP contribution < -0.4 is 14.9 Å². The Hall–Kier alpha value is -2.77. The predicted octanol–water partition coefficient (Wildman–Crippen LogP) is 6.04. The average Bonchev–Trinajstić information content (AvgIpc) is 2.80. The van der Waals surface area contributed by atoms with E-state index in [2.05, 4.69) is 76.7 Å². The van der Waals surface area contributed by atoms with Gasteiger partial charge >= 0.3 is 0 Å². The predicted molar refractivity (Wildman–Crippen MR) is 139 cm³/mol. The standard InChI is InChI=1S/C26H27BrN2O3S/c1-18-4-8-20(9-5-18)15-32-26-23(27)12-22(13-24(26)31-3)14-28-29-25(30)17-33-16-21-10-6-19(2)7-11-21/h4-14H,15-17H2,1-3H3,(H,29,30)/b28-14-. The van der Waals surface area contributed by atoms with Crippen LogP contribution in [0.4, 0.5) is 0 Å². The molecular formula is C26H27BrN2O3S. The molecule has 0 radical (unpaired) electrons. The highest BCUT2D eigenvalue weighted by Crippen LogP contribution is 2.36. The monoisotopic (exact) mass is 526 g/mol. The Bertz CT molecular complexity index is 1100. The summed E-state index contributed by atoms with van der Waals surface area (Å²) in [6.07, 6.45) is 1.58. The number of carbonyl (C=O) groups is 1. The van der Waals surface area contributed by atoms with Crippen molar-refractivity contribution in [1.82, 2.24) is 5.43 Å². The zero-order valence-corrected chi connectivity index (χ0v) is 21.3. The maximum atomic E-state index is 12.1. The Morgan fingerprint density at radius 1 is 1.03 bits per heavy atom. The van der Waals surface area contributed by atoms with Gasteiger partial charge < -0.3 is 9.47 Å². The van der Waals surface area contributed by atoms with Crippen LogP contribution in [-0.4, -0.2) is 25.0 Å². The minimum atomic E-state index is -0.146. The van der Waals surface area contributed by atoms with E-state index in [1.807, 2.05) is 24.3 Å². The molecule has 0 spiro atoms. The minimum Gasteiger partial charge on any atom is -0.493 e. The molecule has 0 heterocycles. The normalized spacial score (nSPS) is 10.9. The molecule has 1 N–H and O–H groups in total. The number of benzene rings is 3. The zero-order chi connectivity index (χ0) is 23.6.